The molecule has 3 rings (SSSR count). The van der Waals surface area contributed by atoms with Gasteiger partial charge in [-0.3, -0.25) is 4.79 Å². The van der Waals surface area contributed by atoms with E-state index in [4.69, 9.17) is 13.9 Å². The molecule has 0 saturated carbocycles. The van der Waals surface area contributed by atoms with Gasteiger partial charge in [0, 0.05) is 0 Å². The van der Waals surface area contributed by atoms with Crippen LogP contribution in [0, 0.1) is 0 Å². The molecule has 1 heterocycles. The third kappa shape index (κ3) is 2.82. The van der Waals surface area contributed by atoms with Gasteiger partial charge in [-0.2, -0.15) is 13.2 Å². The molecule has 3 aromatic rings. The van der Waals surface area contributed by atoms with E-state index in [1.807, 2.05) is 0 Å². The lowest BCUT2D eigenvalue weighted by molar-refractivity contribution is -0.152. The highest BCUT2D eigenvalue weighted by molar-refractivity contribution is 5.89. The van der Waals surface area contributed by atoms with Crippen LogP contribution in [0.3, 0.4) is 0 Å². The second kappa shape index (κ2) is 6.16. The van der Waals surface area contributed by atoms with Crippen LogP contribution in [0.2, 0.25) is 0 Å². The summed E-state index contributed by atoms with van der Waals surface area (Å²) < 4.78 is 55.9. The van der Waals surface area contributed by atoms with Crippen LogP contribution < -0.4 is 14.9 Å². The lowest BCUT2D eigenvalue weighted by atomic mass is 10.0. The molecule has 25 heavy (non-hydrogen) atoms. The number of hydrogen-bond acceptors (Lipinski definition) is 4. The minimum absolute atomic E-state index is 0.0236. The molecule has 0 aliphatic carbocycles. The third-order valence-corrected chi connectivity index (χ3v) is 3.72. The van der Waals surface area contributed by atoms with Gasteiger partial charge in [-0.15, -0.1) is 0 Å². The van der Waals surface area contributed by atoms with E-state index < -0.39 is 22.9 Å². The molecule has 7 heteroatoms. The van der Waals surface area contributed by atoms with Crippen LogP contribution in [-0.2, 0) is 6.18 Å². The molecule has 0 bridgehead atoms. The fourth-order valence-corrected chi connectivity index (χ4v) is 2.64. The summed E-state index contributed by atoms with van der Waals surface area (Å²) >= 11 is 0. The number of ether oxygens (including phenoxy) is 2. The molecule has 0 N–H and O–H groups in total. The van der Waals surface area contributed by atoms with Crippen LogP contribution in [0.15, 0.2) is 51.7 Å². The smallest absolute Gasteiger partial charge is 0.450 e. The maximum Gasteiger partial charge on any atom is 0.450 e. The zero-order valence-corrected chi connectivity index (χ0v) is 13.3. The molecule has 0 radical (unpaired) electrons. The molecule has 0 unspecified atom stereocenters. The number of halogens is 3. The van der Waals surface area contributed by atoms with Crippen molar-refractivity contribution in [2.75, 3.05) is 14.2 Å². The Balaban J connectivity index is 2.49. The molecule has 2 aromatic carbocycles. The van der Waals surface area contributed by atoms with Gasteiger partial charge < -0.3 is 13.9 Å². The molecule has 1 aromatic heterocycles. The minimum atomic E-state index is -4.85. The maximum absolute atomic E-state index is 13.6. The SMILES string of the molecule is COc1ccc2c(=O)c(-c3ccccc3)c(C(F)(F)F)oc2c1OC. The molecule has 0 aliphatic heterocycles. The van der Waals surface area contributed by atoms with Crippen LogP contribution in [-0.4, -0.2) is 14.2 Å². The molecule has 4 nitrogen and oxygen atoms in total. The minimum Gasteiger partial charge on any atom is -0.493 e. The third-order valence-electron chi connectivity index (χ3n) is 3.72. The van der Waals surface area contributed by atoms with Crippen molar-refractivity contribution in [3.05, 3.63) is 58.4 Å². The highest BCUT2D eigenvalue weighted by Crippen LogP contribution is 2.41. The van der Waals surface area contributed by atoms with Crippen LogP contribution >= 0.6 is 0 Å². The topological polar surface area (TPSA) is 48.7 Å². The standard InChI is InChI=1S/C18H13F3O4/c1-23-12-9-8-11-14(22)13(10-6-4-3-5-7-10)17(18(19,20)21)25-15(11)16(12)24-2/h3-9H,1-2H3. The number of methoxy groups -OCH3 is 2. The molecule has 0 atom stereocenters. The predicted molar refractivity (Wildman–Crippen MR) is 86.0 cm³/mol. The van der Waals surface area contributed by atoms with Gasteiger partial charge in [0.15, 0.2) is 11.3 Å². The number of alkyl halides is 3. The second-order valence-corrected chi connectivity index (χ2v) is 5.18. The van der Waals surface area contributed by atoms with E-state index in [-0.39, 0.29) is 28.0 Å². The molecule has 0 saturated heterocycles. The average Bonchev–Trinajstić information content (AvgIpc) is 2.60. The predicted octanol–water partition coefficient (Wildman–Crippen LogP) is 4.50. The monoisotopic (exact) mass is 350 g/mol. The summed E-state index contributed by atoms with van der Waals surface area (Å²) in [5.41, 5.74) is -1.51. The van der Waals surface area contributed by atoms with E-state index in [0.29, 0.717) is 0 Å². The summed E-state index contributed by atoms with van der Waals surface area (Å²) in [6.45, 7) is 0. The first-order valence-electron chi connectivity index (χ1n) is 7.23. The van der Waals surface area contributed by atoms with Gasteiger partial charge in [0.1, 0.15) is 0 Å². The van der Waals surface area contributed by atoms with Gasteiger partial charge in [0.05, 0.1) is 25.2 Å². The summed E-state index contributed by atoms with van der Waals surface area (Å²) in [7, 11) is 2.60. The van der Waals surface area contributed by atoms with Crippen molar-refractivity contribution >= 4 is 11.0 Å². The van der Waals surface area contributed by atoms with Gasteiger partial charge in [-0.25, -0.2) is 0 Å². The van der Waals surface area contributed by atoms with Crippen molar-refractivity contribution in [1.82, 2.24) is 0 Å². The van der Waals surface area contributed by atoms with Crippen molar-refractivity contribution in [3.63, 3.8) is 0 Å². The zero-order valence-electron chi connectivity index (χ0n) is 13.3. The first-order chi connectivity index (χ1) is 11.9. The summed E-state index contributed by atoms with van der Waals surface area (Å²) in [4.78, 5) is 12.8. The highest BCUT2D eigenvalue weighted by atomic mass is 19.4. The van der Waals surface area contributed by atoms with Crippen molar-refractivity contribution in [1.29, 1.82) is 0 Å². The normalized spacial score (nSPS) is 11.6. The Kier molecular flexibility index (Phi) is 4.16. The van der Waals surface area contributed by atoms with E-state index in [1.54, 1.807) is 18.2 Å². The van der Waals surface area contributed by atoms with Crippen LogP contribution in [0.4, 0.5) is 13.2 Å². The zero-order chi connectivity index (χ0) is 18.2. The number of fused-ring (bicyclic) bond motifs is 1. The Hall–Kier alpha value is -2.96. The number of benzene rings is 2. The van der Waals surface area contributed by atoms with Gasteiger partial charge >= 0.3 is 6.18 Å². The Morgan fingerprint density at radius 3 is 2.20 bits per heavy atom. The second-order valence-electron chi connectivity index (χ2n) is 5.18. The van der Waals surface area contributed by atoms with Crippen LogP contribution in [0.25, 0.3) is 22.1 Å². The molecule has 130 valence electrons. The first kappa shape index (κ1) is 16.9. The highest BCUT2D eigenvalue weighted by Gasteiger charge is 2.39. The van der Waals surface area contributed by atoms with Gasteiger partial charge in [-0.05, 0) is 17.7 Å². The van der Waals surface area contributed by atoms with E-state index in [0.717, 1.165) is 0 Å². The molecule has 0 fully saturated rings. The molecule has 0 spiro atoms. The summed E-state index contributed by atoms with van der Waals surface area (Å²) in [6, 6.07) is 10.4. The van der Waals surface area contributed by atoms with E-state index in [9.17, 15) is 18.0 Å². The lowest BCUT2D eigenvalue weighted by Crippen LogP contribution is -2.16. The molecular weight excluding hydrogens is 337 g/mol. The lowest BCUT2D eigenvalue weighted by Gasteiger charge is -2.15. The average molecular weight is 350 g/mol. The van der Waals surface area contributed by atoms with Crippen molar-refractivity contribution in [3.8, 4) is 22.6 Å². The fourth-order valence-electron chi connectivity index (χ4n) is 2.64. The Morgan fingerprint density at radius 1 is 0.960 bits per heavy atom. The fraction of sp³-hybridized carbons (Fsp3) is 0.167. The summed E-state index contributed by atoms with van der Waals surface area (Å²) in [5.74, 6) is -1.27. The van der Waals surface area contributed by atoms with Gasteiger partial charge in [-0.1, -0.05) is 30.3 Å². The van der Waals surface area contributed by atoms with Gasteiger partial charge in [0.25, 0.3) is 0 Å². The van der Waals surface area contributed by atoms with E-state index in [1.165, 1.54) is 38.5 Å². The Bertz CT molecular complexity index is 976. The van der Waals surface area contributed by atoms with Gasteiger partial charge in [0.2, 0.25) is 16.9 Å². The van der Waals surface area contributed by atoms with Crippen molar-refractivity contribution in [2.24, 2.45) is 0 Å². The molecule has 0 aliphatic rings. The first-order valence-corrected chi connectivity index (χ1v) is 7.23. The van der Waals surface area contributed by atoms with Crippen LogP contribution in [0.5, 0.6) is 11.5 Å². The molecular formula is C18H13F3O4. The summed E-state index contributed by atoms with van der Waals surface area (Å²) in [5, 5.41) is -0.0236. The van der Waals surface area contributed by atoms with Crippen LogP contribution in [0.1, 0.15) is 5.76 Å². The summed E-state index contributed by atoms with van der Waals surface area (Å²) in [6.07, 6.45) is -4.85. The Morgan fingerprint density at radius 2 is 1.64 bits per heavy atom. The molecule has 0 amide bonds. The van der Waals surface area contributed by atoms with E-state index in [2.05, 4.69) is 0 Å². The number of rotatable bonds is 3. The Labute approximate surface area is 140 Å². The largest absolute Gasteiger partial charge is 0.493 e. The van der Waals surface area contributed by atoms with Crippen molar-refractivity contribution < 1.29 is 27.1 Å². The number of hydrogen-bond donors (Lipinski definition) is 0. The van der Waals surface area contributed by atoms with E-state index >= 15 is 0 Å². The maximum atomic E-state index is 13.6. The van der Waals surface area contributed by atoms with Crippen molar-refractivity contribution in [2.45, 2.75) is 6.18 Å². The quantitative estimate of drug-likeness (QED) is 0.698.